The summed E-state index contributed by atoms with van der Waals surface area (Å²) in [7, 11) is 0. The molecule has 1 saturated heterocycles. The van der Waals surface area contributed by atoms with E-state index in [4.69, 9.17) is 9.47 Å². The van der Waals surface area contributed by atoms with Gasteiger partial charge in [-0.15, -0.1) is 0 Å². The minimum absolute atomic E-state index is 0.174. The Hall–Kier alpha value is -1.38. The Morgan fingerprint density at radius 2 is 0.951 bits per heavy atom. The lowest BCUT2D eigenvalue weighted by Gasteiger charge is -2.40. The molecule has 0 aromatic heterocycles. The molecule has 12 nitrogen and oxygen atoms in total. The van der Waals surface area contributed by atoms with Crippen LogP contribution in [0.2, 0.25) is 0 Å². The third kappa shape index (κ3) is 30.4. The molecule has 0 aromatic carbocycles. The van der Waals surface area contributed by atoms with E-state index >= 15 is 0 Å². The average molecular weight is 873 g/mol. The van der Waals surface area contributed by atoms with Gasteiger partial charge in [0.2, 0.25) is 11.8 Å². The Kier molecular flexibility index (Phi) is 37.9. The van der Waals surface area contributed by atoms with Crippen molar-refractivity contribution in [3.8, 4) is 0 Å². The highest BCUT2D eigenvalue weighted by atomic mass is 16.7. The van der Waals surface area contributed by atoms with E-state index in [-0.39, 0.29) is 24.8 Å². The highest BCUT2D eigenvalue weighted by Gasteiger charge is 2.44. The predicted octanol–water partition coefficient (Wildman–Crippen LogP) is 8.43. The van der Waals surface area contributed by atoms with Gasteiger partial charge in [0.15, 0.2) is 6.29 Å². The van der Waals surface area contributed by atoms with Crippen LogP contribution in [0.1, 0.15) is 232 Å². The van der Waals surface area contributed by atoms with Gasteiger partial charge in [-0.1, -0.05) is 194 Å². The molecule has 362 valence electrons. The summed E-state index contributed by atoms with van der Waals surface area (Å²) in [4.78, 5) is 25.2. The zero-order valence-corrected chi connectivity index (χ0v) is 39.1. The van der Waals surface area contributed by atoms with Crippen molar-refractivity contribution < 1.29 is 49.7 Å². The van der Waals surface area contributed by atoms with Crippen LogP contribution in [0, 0.1) is 0 Å². The molecule has 1 rings (SSSR count). The molecule has 8 N–H and O–H groups in total. The Balaban J connectivity index is 2.29. The van der Waals surface area contributed by atoms with Gasteiger partial charge >= 0.3 is 0 Å². The van der Waals surface area contributed by atoms with E-state index < -0.39 is 55.6 Å². The van der Waals surface area contributed by atoms with Crippen LogP contribution in [-0.2, 0) is 19.1 Å². The van der Waals surface area contributed by atoms with E-state index in [0.29, 0.717) is 19.3 Å². The van der Waals surface area contributed by atoms with E-state index in [9.17, 15) is 40.2 Å². The topological polar surface area (TPSA) is 198 Å². The summed E-state index contributed by atoms with van der Waals surface area (Å²) in [5, 5.41) is 68.3. The average Bonchev–Trinajstić information content (AvgIpc) is 3.25. The molecule has 2 amide bonds. The number of carbonyl (C=O) groups excluding carboxylic acids is 2. The third-order valence-electron chi connectivity index (χ3n) is 12.5. The van der Waals surface area contributed by atoms with Crippen molar-refractivity contribution in [1.82, 2.24) is 10.6 Å². The number of hydrogen-bond donors (Lipinski definition) is 8. The first-order valence-electron chi connectivity index (χ1n) is 25.5. The maximum Gasteiger partial charge on any atom is 0.220 e. The van der Waals surface area contributed by atoms with Gasteiger partial charge in [-0.3, -0.25) is 9.59 Å². The van der Waals surface area contributed by atoms with Crippen molar-refractivity contribution in [2.45, 2.75) is 281 Å². The fraction of sp³-hybridized carbons (Fsp3) is 0.959. The van der Waals surface area contributed by atoms with Crippen LogP contribution in [0.3, 0.4) is 0 Å². The summed E-state index contributed by atoms with van der Waals surface area (Å²) in [6.45, 7) is 4.30. The van der Waals surface area contributed by atoms with Crippen molar-refractivity contribution in [3.63, 3.8) is 0 Å². The van der Waals surface area contributed by atoms with E-state index in [0.717, 1.165) is 90.0 Å². The van der Waals surface area contributed by atoms with E-state index in [1.54, 1.807) is 0 Å². The summed E-state index contributed by atoms with van der Waals surface area (Å²) in [5.74, 6) is -0.113. The Labute approximate surface area is 372 Å². The Morgan fingerprint density at radius 1 is 0.541 bits per heavy atom. The normalized spacial score (nSPS) is 20.7. The summed E-state index contributed by atoms with van der Waals surface area (Å²) in [5.41, 5.74) is 0. The fourth-order valence-corrected chi connectivity index (χ4v) is 8.28. The summed E-state index contributed by atoms with van der Waals surface area (Å²) in [6, 6.07) is -1.01. The number of amides is 2. The summed E-state index contributed by atoms with van der Waals surface area (Å²) < 4.78 is 11.2. The molecule has 1 aliphatic heterocycles. The van der Waals surface area contributed by atoms with Crippen LogP contribution < -0.4 is 10.6 Å². The number of hydrogen-bond acceptors (Lipinski definition) is 10. The van der Waals surface area contributed by atoms with Crippen molar-refractivity contribution in [2.75, 3.05) is 19.8 Å². The molecule has 0 bridgehead atoms. The number of aliphatic hydroxyl groups is 6. The Morgan fingerprint density at radius 3 is 1.41 bits per heavy atom. The number of unbranched alkanes of at least 4 members (excludes halogenated alkanes) is 28. The number of aliphatic hydroxyl groups excluding tert-OH is 6. The van der Waals surface area contributed by atoms with Crippen LogP contribution in [0.15, 0.2) is 0 Å². The molecule has 0 radical (unpaired) electrons. The first kappa shape index (κ1) is 57.6. The molecular weight excluding hydrogens is 777 g/mol. The third-order valence-corrected chi connectivity index (χ3v) is 12.5. The molecule has 61 heavy (non-hydrogen) atoms. The van der Waals surface area contributed by atoms with E-state index in [2.05, 4.69) is 24.5 Å². The lowest BCUT2D eigenvalue weighted by molar-refractivity contribution is -0.303. The summed E-state index contributed by atoms with van der Waals surface area (Å²) in [6.07, 6.45) is 27.7. The molecule has 12 heteroatoms. The molecule has 0 spiro atoms. The Bertz CT molecular complexity index is 1010. The zero-order valence-electron chi connectivity index (χ0n) is 39.1. The number of rotatable bonds is 43. The fourth-order valence-electron chi connectivity index (χ4n) is 8.28. The van der Waals surface area contributed by atoms with Gasteiger partial charge in [-0.05, 0) is 25.7 Å². The number of nitrogens with one attached hydrogen (secondary N) is 2. The predicted molar refractivity (Wildman–Crippen MR) is 245 cm³/mol. The lowest BCUT2D eigenvalue weighted by atomic mass is 9.98. The molecule has 1 heterocycles. The molecule has 2 unspecified atom stereocenters. The quantitative estimate of drug-likeness (QED) is 0.0275. The van der Waals surface area contributed by atoms with Gasteiger partial charge in [-0.2, -0.15) is 0 Å². The lowest BCUT2D eigenvalue weighted by Crippen LogP contribution is -2.60. The largest absolute Gasteiger partial charge is 0.394 e. The van der Waals surface area contributed by atoms with Gasteiger partial charge in [0.25, 0.3) is 0 Å². The van der Waals surface area contributed by atoms with Crippen molar-refractivity contribution in [1.29, 1.82) is 0 Å². The second-order valence-corrected chi connectivity index (χ2v) is 18.2. The molecule has 1 fully saturated rings. The van der Waals surface area contributed by atoms with Gasteiger partial charge < -0.3 is 50.7 Å². The second-order valence-electron chi connectivity index (χ2n) is 18.2. The number of carbonyl (C=O) groups is 2. The van der Waals surface area contributed by atoms with Crippen LogP contribution in [0.5, 0.6) is 0 Å². The molecule has 0 saturated carbocycles. The standard InChI is InChI=1S/C49H96N2O10/c1-3-5-7-9-11-13-15-17-18-22-26-30-34-41(53)45(56)40(39-60-49-48(59)47(58)46(57)42(38-52)61-49)51-44(55)36-32-28-24-20-21-25-29-33-37-50-43(54)35-31-27-23-19-16-14-12-10-8-6-4-2/h40-42,45-49,52-53,56-59H,3-39H2,1-2H3,(H,50,54)(H,51,55)/t40-,41+,42?,45-,46-,47-,48?,49-/m0/s1. The highest BCUT2D eigenvalue weighted by molar-refractivity contribution is 5.76. The van der Waals surface area contributed by atoms with Crippen LogP contribution >= 0.6 is 0 Å². The van der Waals surface area contributed by atoms with Crippen LogP contribution in [0.4, 0.5) is 0 Å². The highest BCUT2D eigenvalue weighted by Crippen LogP contribution is 2.23. The van der Waals surface area contributed by atoms with Crippen molar-refractivity contribution >= 4 is 11.8 Å². The maximum atomic E-state index is 13.0. The molecular formula is C49H96N2O10. The van der Waals surface area contributed by atoms with Gasteiger partial charge in [0.1, 0.15) is 30.5 Å². The second kappa shape index (κ2) is 40.2. The van der Waals surface area contributed by atoms with Gasteiger partial charge in [0.05, 0.1) is 25.4 Å². The minimum Gasteiger partial charge on any atom is -0.394 e. The van der Waals surface area contributed by atoms with Gasteiger partial charge in [-0.25, -0.2) is 0 Å². The first-order valence-corrected chi connectivity index (χ1v) is 25.5. The van der Waals surface area contributed by atoms with Crippen molar-refractivity contribution in [2.24, 2.45) is 0 Å². The monoisotopic (exact) mass is 873 g/mol. The zero-order chi connectivity index (χ0) is 44.8. The maximum absolute atomic E-state index is 13.0. The SMILES string of the molecule is CCCCCCCCCCCCCC[C@@H](O)[C@@H](O)[C@H](CO[C@H]1OC(CO)[C@H](O)[C@H](O)C1O)NC(=O)CCCCCCCCCCNC(=O)CCCCCCCCCCCCC. The van der Waals surface area contributed by atoms with Crippen LogP contribution in [-0.4, -0.2) is 111 Å². The molecule has 0 aromatic rings. The van der Waals surface area contributed by atoms with E-state index in [1.165, 1.54) is 109 Å². The number of ether oxygens (including phenoxy) is 2. The van der Waals surface area contributed by atoms with Crippen molar-refractivity contribution in [3.05, 3.63) is 0 Å². The molecule has 1 aliphatic rings. The summed E-state index contributed by atoms with van der Waals surface area (Å²) >= 11 is 0. The van der Waals surface area contributed by atoms with Crippen LogP contribution in [0.25, 0.3) is 0 Å². The van der Waals surface area contributed by atoms with Gasteiger partial charge in [0, 0.05) is 19.4 Å². The van der Waals surface area contributed by atoms with E-state index in [1.807, 2.05) is 0 Å². The molecule has 8 atom stereocenters. The molecule has 0 aliphatic carbocycles. The smallest absolute Gasteiger partial charge is 0.220 e. The minimum atomic E-state index is -1.62. The first-order chi connectivity index (χ1) is 29.7.